The van der Waals surface area contributed by atoms with Crippen LogP contribution in [0, 0.1) is 6.92 Å². The van der Waals surface area contributed by atoms with E-state index in [1.807, 2.05) is 13.0 Å². The fourth-order valence-electron chi connectivity index (χ4n) is 3.46. The number of methoxy groups -OCH3 is 1. The molecule has 5 heteroatoms. The number of aromatic nitrogens is 2. The van der Waals surface area contributed by atoms with Crippen LogP contribution in [0.15, 0.2) is 6.07 Å². The predicted molar refractivity (Wildman–Crippen MR) is 78.7 cm³/mol. The highest BCUT2D eigenvalue weighted by atomic mass is 16.5. The molecular weight excluding hydrogens is 252 g/mol. The van der Waals surface area contributed by atoms with Crippen molar-refractivity contribution >= 4 is 5.82 Å². The Morgan fingerprint density at radius 1 is 1.35 bits per heavy atom. The second-order valence-electron chi connectivity index (χ2n) is 5.94. The molecule has 1 aromatic rings. The van der Waals surface area contributed by atoms with Crippen molar-refractivity contribution in [2.45, 2.75) is 51.3 Å². The summed E-state index contributed by atoms with van der Waals surface area (Å²) in [6.07, 6.45) is 5.17. The van der Waals surface area contributed by atoms with Crippen LogP contribution in [-0.4, -0.2) is 47.2 Å². The fourth-order valence-corrected chi connectivity index (χ4v) is 3.46. The molecule has 0 bridgehead atoms. The van der Waals surface area contributed by atoms with E-state index >= 15 is 0 Å². The van der Waals surface area contributed by atoms with Crippen LogP contribution in [0.3, 0.4) is 0 Å². The summed E-state index contributed by atoms with van der Waals surface area (Å²) in [5.41, 5.74) is 0.993. The fraction of sp³-hybridized carbons (Fsp3) is 0.733. The van der Waals surface area contributed by atoms with Crippen molar-refractivity contribution in [1.82, 2.24) is 14.9 Å². The van der Waals surface area contributed by atoms with Crippen molar-refractivity contribution < 1.29 is 4.74 Å². The SMILES string of the molecule is COCc1nc(C)cc(N[C@H]2CCN3CCC[C@@H]3C2)n1. The summed E-state index contributed by atoms with van der Waals surface area (Å²) in [5.74, 6) is 1.70. The third-order valence-electron chi connectivity index (χ3n) is 4.35. The maximum atomic E-state index is 5.13. The lowest BCUT2D eigenvalue weighted by atomic mass is 9.97. The lowest BCUT2D eigenvalue weighted by Crippen LogP contribution is -2.42. The highest BCUT2D eigenvalue weighted by Gasteiger charge is 2.31. The first kappa shape index (κ1) is 13.8. The Morgan fingerprint density at radius 2 is 2.25 bits per heavy atom. The molecule has 0 amide bonds. The first-order chi connectivity index (χ1) is 9.74. The normalized spacial score (nSPS) is 26.5. The Hall–Kier alpha value is -1.20. The van der Waals surface area contributed by atoms with Crippen molar-refractivity contribution in [3.8, 4) is 0 Å². The number of hydrogen-bond donors (Lipinski definition) is 1. The highest BCUT2D eigenvalue weighted by molar-refractivity contribution is 5.37. The van der Waals surface area contributed by atoms with Crippen molar-refractivity contribution in [2.75, 3.05) is 25.5 Å². The maximum Gasteiger partial charge on any atom is 0.156 e. The van der Waals surface area contributed by atoms with E-state index in [2.05, 4.69) is 20.2 Å². The van der Waals surface area contributed by atoms with Gasteiger partial charge in [0, 0.05) is 37.5 Å². The summed E-state index contributed by atoms with van der Waals surface area (Å²) in [7, 11) is 1.68. The van der Waals surface area contributed by atoms with Gasteiger partial charge in [0.15, 0.2) is 5.82 Å². The number of fused-ring (bicyclic) bond motifs is 1. The molecule has 5 nitrogen and oxygen atoms in total. The first-order valence-electron chi connectivity index (χ1n) is 7.58. The molecule has 110 valence electrons. The van der Waals surface area contributed by atoms with E-state index in [4.69, 9.17) is 4.74 Å². The second kappa shape index (κ2) is 6.06. The molecule has 2 aliphatic rings. The molecule has 0 radical (unpaired) electrons. The average Bonchev–Trinajstić information content (AvgIpc) is 2.85. The van der Waals surface area contributed by atoms with Crippen LogP contribution >= 0.6 is 0 Å². The topological polar surface area (TPSA) is 50.3 Å². The van der Waals surface area contributed by atoms with E-state index < -0.39 is 0 Å². The molecule has 2 aliphatic heterocycles. The van der Waals surface area contributed by atoms with Gasteiger partial charge in [-0.1, -0.05) is 0 Å². The van der Waals surface area contributed by atoms with E-state index in [0.29, 0.717) is 12.6 Å². The Labute approximate surface area is 120 Å². The number of anilines is 1. The summed E-state index contributed by atoms with van der Waals surface area (Å²) in [4.78, 5) is 11.6. The van der Waals surface area contributed by atoms with Gasteiger partial charge < -0.3 is 15.0 Å². The van der Waals surface area contributed by atoms with Crippen molar-refractivity contribution in [3.05, 3.63) is 17.6 Å². The summed E-state index contributed by atoms with van der Waals surface area (Å²) in [5, 5.41) is 3.60. The average molecular weight is 276 g/mol. The summed E-state index contributed by atoms with van der Waals surface area (Å²) < 4.78 is 5.13. The molecule has 3 heterocycles. The van der Waals surface area contributed by atoms with Gasteiger partial charge in [-0.25, -0.2) is 9.97 Å². The minimum absolute atomic E-state index is 0.470. The molecule has 0 unspecified atom stereocenters. The number of piperidine rings is 1. The molecule has 2 saturated heterocycles. The van der Waals surface area contributed by atoms with E-state index in [0.717, 1.165) is 23.4 Å². The van der Waals surface area contributed by atoms with E-state index in [1.54, 1.807) is 7.11 Å². The Balaban J connectivity index is 1.65. The number of aryl methyl sites for hydroxylation is 1. The molecule has 2 fully saturated rings. The van der Waals surface area contributed by atoms with Crippen LogP contribution in [0.1, 0.15) is 37.2 Å². The van der Waals surface area contributed by atoms with Crippen LogP contribution in [0.5, 0.6) is 0 Å². The third-order valence-corrected chi connectivity index (χ3v) is 4.35. The molecule has 20 heavy (non-hydrogen) atoms. The molecule has 1 N–H and O–H groups in total. The molecule has 3 rings (SSSR count). The quantitative estimate of drug-likeness (QED) is 0.911. The summed E-state index contributed by atoms with van der Waals surface area (Å²) in [6, 6.07) is 3.35. The van der Waals surface area contributed by atoms with E-state index in [1.165, 1.54) is 38.8 Å². The number of hydrogen-bond acceptors (Lipinski definition) is 5. The Bertz CT molecular complexity index is 465. The minimum atomic E-state index is 0.470. The minimum Gasteiger partial charge on any atom is -0.377 e. The van der Waals surface area contributed by atoms with Gasteiger partial charge in [-0.05, 0) is 39.2 Å². The number of nitrogens with zero attached hydrogens (tertiary/aromatic N) is 3. The predicted octanol–water partition coefficient (Wildman–Crippen LogP) is 1.97. The molecule has 0 aromatic carbocycles. The standard InChI is InChI=1S/C15H24N4O/c1-11-8-14(18-15(16-11)10-20-2)17-12-5-7-19-6-3-4-13(19)9-12/h8,12-13H,3-7,9-10H2,1-2H3,(H,16,17,18)/t12-,13+/m0/s1. The van der Waals surface area contributed by atoms with E-state index in [-0.39, 0.29) is 0 Å². The first-order valence-corrected chi connectivity index (χ1v) is 7.58. The van der Waals surface area contributed by atoms with Gasteiger partial charge >= 0.3 is 0 Å². The zero-order valence-corrected chi connectivity index (χ0v) is 12.4. The molecule has 0 aliphatic carbocycles. The van der Waals surface area contributed by atoms with Crippen molar-refractivity contribution in [2.24, 2.45) is 0 Å². The molecule has 0 spiro atoms. The largest absolute Gasteiger partial charge is 0.377 e. The lowest BCUT2D eigenvalue weighted by Gasteiger charge is -2.35. The molecular formula is C15H24N4O. The van der Waals surface area contributed by atoms with Crippen molar-refractivity contribution in [3.63, 3.8) is 0 Å². The highest BCUT2D eigenvalue weighted by Crippen LogP contribution is 2.28. The van der Waals surface area contributed by atoms with Crippen LogP contribution in [-0.2, 0) is 11.3 Å². The Morgan fingerprint density at radius 3 is 3.10 bits per heavy atom. The van der Waals surface area contributed by atoms with Crippen LogP contribution in [0.4, 0.5) is 5.82 Å². The molecule has 2 atom stereocenters. The number of ether oxygens (including phenoxy) is 1. The zero-order valence-electron chi connectivity index (χ0n) is 12.4. The smallest absolute Gasteiger partial charge is 0.156 e. The number of rotatable bonds is 4. The van der Waals surface area contributed by atoms with Gasteiger partial charge in [0.2, 0.25) is 0 Å². The zero-order chi connectivity index (χ0) is 13.9. The summed E-state index contributed by atoms with van der Waals surface area (Å²) >= 11 is 0. The van der Waals surface area contributed by atoms with Crippen molar-refractivity contribution in [1.29, 1.82) is 0 Å². The van der Waals surface area contributed by atoms with E-state index in [9.17, 15) is 0 Å². The summed E-state index contributed by atoms with van der Waals surface area (Å²) in [6.45, 7) is 4.99. The third kappa shape index (κ3) is 3.10. The Kier molecular flexibility index (Phi) is 4.17. The van der Waals surface area contributed by atoms with Gasteiger partial charge in [0.25, 0.3) is 0 Å². The van der Waals surface area contributed by atoms with Gasteiger partial charge in [-0.2, -0.15) is 0 Å². The van der Waals surface area contributed by atoms with Gasteiger partial charge in [0.05, 0.1) is 0 Å². The number of nitrogens with one attached hydrogen (secondary N) is 1. The monoisotopic (exact) mass is 276 g/mol. The molecule has 0 saturated carbocycles. The lowest BCUT2D eigenvalue weighted by molar-refractivity contribution is 0.177. The van der Waals surface area contributed by atoms with Crippen LogP contribution in [0.25, 0.3) is 0 Å². The maximum absolute atomic E-state index is 5.13. The van der Waals surface area contributed by atoms with Gasteiger partial charge in [0.1, 0.15) is 12.4 Å². The second-order valence-corrected chi connectivity index (χ2v) is 5.94. The molecule has 1 aromatic heterocycles. The van der Waals surface area contributed by atoms with Crippen LogP contribution < -0.4 is 5.32 Å². The van der Waals surface area contributed by atoms with Gasteiger partial charge in [-0.3, -0.25) is 0 Å². The van der Waals surface area contributed by atoms with Gasteiger partial charge in [-0.15, -0.1) is 0 Å². The van der Waals surface area contributed by atoms with Crippen LogP contribution in [0.2, 0.25) is 0 Å².